The third-order valence-electron chi connectivity index (χ3n) is 0.997. The van der Waals surface area contributed by atoms with Gasteiger partial charge in [0.25, 0.3) is 6.36 Å². The van der Waals surface area contributed by atoms with E-state index in [1.807, 2.05) is 0 Å². The van der Waals surface area contributed by atoms with Crippen LogP contribution in [-0.2, 0) is 9.53 Å². The Morgan fingerprint density at radius 2 is 2.31 bits per heavy atom. The Hall–Kier alpha value is -1.21. The second kappa shape index (κ2) is 6.32. The van der Waals surface area contributed by atoms with E-state index in [0.717, 1.165) is 0 Å². The summed E-state index contributed by atoms with van der Waals surface area (Å²) >= 11 is 0. The topological polar surface area (TPSA) is 116 Å². The van der Waals surface area contributed by atoms with Crippen LogP contribution < -0.4 is 0 Å². The number of halogens is 1. The fourth-order valence-corrected chi connectivity index (χ4v) is 0.441. The highest BCUT2D eigenvalue weighted by molar-refractivity contribution is 5.84. The Morgan fingerprint density at radius 1 is 1.69 bits per heavy atom. The van der Waals surface area contributed by atoms with Crippen LogP contribution in [0.1, 0.15) is 0 Å². The first-order chi connectivity index (χ1) is 6.09. The Labute approximate surface area is 72.4 Å². The number of hydrogen-bond donors (Lipinski definition) is 2. The van der Waals surface area contributed by atoms with E-state index in [1.54, 1.807) is 0 Å². The van der Waals surface area contributed by atoms with Gasteiger partial charge >= 0.3 is 0 Å². The maximum Gasteiger partial charge on any atom is 0.263 e. The smallest absolute Gasteiger partial charge is 0.263 e. The van der Waals surface area contributed by atoms with Crippen LogP contribution in [0.3, 0.4) is 0 Å². The normalized spacial score (nSPS) is 12.3. The Balaban J connectivity index is 3.67. The fourth-order valence-electron chi connectivity index (χ4n) is 0.441. The van der Waals surface area contributed by atoms with Gasteiger partial charge in [-0.15, -0.1) is 0 Å². The van der Waals surface area contributed by atoms with Gasteiger partial charge in [0.1, 0.15) is 0 Å². The van der Waals surface area contributed by atoms with Gasteiger partial charge < -0.3 is 14.9 Å². The molecule has 0 spiro atoms. The third-order valence-corrected chi connectivity index (χ3v) is 0.997. The van der Waals surface area contributed by atoms with E-state index < -0.39 is 18.4 Å². The van der Waals surface area contributed by atoms with Gasteiger partial charge in [-0.05, 0) is 5.53 Å². The standard InChI is InChI=1S/C5H8FN3O4/c6-4(3(10)5(11)12)13-2-1-8-9-7/h4-5,11-12H,1-2H2. The van der Waals surface area contributed by atoms with Gasteiger partial charge in [0.05, 0.1) is 6.61 Å². The highest BCUT2D eigenvalue weighted by atomic mass is 19.1. The van der Waals surface area contributed by atoms with Gasteiger partial charge in [-0.1, -0.05) is 5.11 Å². The molecule has 2 N–H and O–H groups in total. The molecule has 0 aliphatic heterocycles. The number of azide groups is 1. The summed E-state index contributed by atoms with van der Waals surface area (Å²) in [5, 5.41) is 19.4. The number of hydrogen-bond acceptors (Lipinski definition) is 5. The summed E-state index contributed by atoms with van der Waals surface area (Å²) < 4.78 is 16.6. The molecule has 7 nitrogen and oxygen atoms in total. The molecule has 0 rings (SSSR count). The Morgan fingerprint density at radius 3 is 2.77 bits per heavy atom. The van der Waals surface area contributed by atoms with Gasteiger partial charge in [0, 0.05) is 11.5 Å². The molecule has 0 aromatic rings. The first-order valence-electron chi connectivity index (χ1n) is 3.26. The molecule has 1 atom stereocenters. The lowest BCUT2D eigenvalue weighted by Gasteiger charge is -2.08. The summed E-state index contributed by atoms with van der Waals surface area (Å²) in [7, 11) is 0. The van der Waals surface area contributed by atoms with Crippen molar-refractivity contribution in [2.75, 3.05) is 13.2 Å². The Kier molecular flexibility index (Phi) is 5.73. The number of carbonyl (C=O) groups excluding carboxylic acids is 1. The van der Waals surface area contributed by atoms with Crippen LogP contribution in [0.25, 0.3) is 10.4 Å². The number of ketones is 1. The molecular formula is C5H8FN3O4. The minimum atomic E-state index is -2.41. The summed E-state index contributed by atoms with van der Waals surface area (Å²) in [4.78, 5) is 12.8. The molecule has 0 saturated heterocycles. The number of rotatable bonds is 6. The SMILES string of the molecule is [N-]=[N+]=NCCOC(F)C(=O)C(O)O. The molecule has 0 aliphatic rings. The monoisotopic (exact) mass is 193 g/mol. The summed E-state index contributed by atoms with van der Waals surface area (Å²) in [5.74, 6) is -1.49. The molecule has 0 aliphatic carbocycles. The van der Waals surface area contributed by atoms with Crippen molar-refractivity contribution in [3.8, 4) is 0 Å². The number of nitrogens with zero attached hydrogens (tertiary/aromatic N) is 3. The van der Waals surface area contributed by atoms with Crippen molar-refractivity contribution in [2.45, 2.75) is 12.6 Å². The van der Waals surface area contributed by atoms with Gasteiger partial charge in [0.2, 0.25) is 12.1 Å². The van der Waals surface area contributed by atoms with E-state index >= 15 is 0 Å². The van der Waals surface area contributed by atoms with Gasteiger partial charge in [-0.25, -0.2) is 4.39 Å². The largest absolute Gasteiger partial charge is 0.362 e. The first kappa shape index (κ1) is 11.8. The van der Waals surface area contributed by atoms with E-state index in [2.05, 4.69) is 14.8 Å². The maximum atomic E-state index is 12.4. The molecule has 74 valence electrons. The number of alkyl halides is 1. The molecule has 1 unspecified atom stereocenters. The molecule has 0 heterocycles. The summed E-state index contributed by atoms with van der Waals surface area (Å²) in [6.07, 6.45) is -4.80. The molecular weight excluding hydrogens is 185 g/mol. The van der Waals surface area contributed by atoms with Crippen molar-refractivity contribution in [3.63, 3.8) is 0 Å². The average molecular weight is 193 g/mol. The van der Waals surface area contributed by atoms with E-state index in [-0.39, 0.29) is 13.2 Å². The lowest BCUT2D eigenvalue weighted by molar-refractivity contribution is -0.168. The number of carbonyl (C=O) groups is 1. The fraction of sp³-hybridized carbons (Fsp3) is 0.800. The van der Waals surface area contributed by atoms with Crippen LogP contribution in [0, 0.1) is 0 Å². The second-order valence-corrected chi connectivity index (χ2v) is 1.92. The molecule has 0 saturated carbocycles. The van der Waals surface area contributed by atoms with Crippen LogP contribution in [0.2, 0.25) is 0 Å². The highest BCUT2D eigenvalue weighted by Crippen LogP contribution is 1.98. The van der Waals surface area contributed by atoms with Gasteiger partial charge in [0.15, 0.2) is 0 Å². The summed E-state index contributed by atoms with van der Waals surface area (Å²) in [6, 6.07) is 0. The van der Waals surface area contributed by atoms with E-state index in [9.17, 15) is 9.18 Å². The lowest BCUT2D eigenvalue weighted by Crippen LogP contribution is -2.31. The first-order valence-corrected chi connectivity index (χ1v) is 3.26. The van der Waals surface area contributed by atoms with Crippen molar-refractivity contribution >= 4 is 5.78 Å². The van der Waals surface area contributed by atoms with Crippen molar-refractivity contribution < 1.29 is 24.1 Å². The predicted octanol–water partition coefficient (Wildman–Crippen LogP) is -0.511. The number of aliphatic hydroxyl groups is 2. The molecule has 0 aromatic carbocycles. The molecule has 0 fully saturated rings. The molecule has 0 bridgehead atoms. The van der Waals surface area contributed by atoms with Crippen molar-refractivity contribution in [3.05, 3.63) is 10.4 Å². The van der Waals surface area contributed by atoms with E-state index in [4.69, 9.17) is 15.7 Å². The van der Waals surface area contributed by atoms with Gasteiger partial charge in [-0.3, -0.25) is 4.79 Å². The van der Waals surface area contributed by atoms with Crippen LogP contribution in [0.4, 0.5) is 4.39 Å². The summed E-state index contributed by atoms with van der Waals surface area (Å²) in [5.41, 5.74) is 7.79. The van der Waals surface area contributed by atoms with Crippen molar-refractivity contribution in [1.82, 2.24) is 0 Å². The quantitative estimate of drug-likeness (QED) is 0.194. The molecule has 13 heavy (non-hydrogen) atoms. The third kappa shape index (κ3) is 5.10. The second-order valence-electron chi connectivity index (χ2n) is 1.92. The van der Waals surface area contributed by atoms with Crippen LogP contribution >= 0.6 is 0 Å². The van der Waals surface area contributed by atoms with Gasteiger partial charge in [-0.2, -0.15) is 0 Å². The van der Waals surface area contributed by atoms with Crippen molar-refractivity contribution in [2.24, 2.45) is 5.11 Å². The number of aliphatic hydroxyl groups excluding tert-OH is 1. The van der Waals surface area contributed by atoms with Crippen molar-refractivity contribution in [1.29, 1.82) is 0 Å². The zero-order chi connectivity index (χ0) is 10.3. The summed E-state index contributed by atoms with van der Waals surface area (Å²) in [6.45, 7) is -0.435. The molecule has 8 heteroatoms. The van der Waals surface area contributed by atoms with E-state index in [0.29, 0.717) is 0 Å². The zero-order valence-electron chi connectivity index (χ0n) is 6.50. The minimum Gasteiger partial charge on any atom is -0.362 e. The average Bonchev–Trinajstić information content (AvgIpc) is 2.10. The Bertz CT molecular complexity index is 216. The number of Topliss-reactive ketones (excluding diaryl/α,β-unsaturated/α-hetero) is 1. The number of ether oxygens (including phenoxy) is 1. The molecule has 0 radical (unpaired) electrons. The maximum absolute atomic E-state index is 12.4. The highest BCUT2D eigenvalue weighted by Gasteiger charge is 2.23. The van der Waals surface area contributed by atoms with Crippen LogP contribution in [0.15, 0.2) is 5.11 Å². The minimum absolute atomic E-state index is 0.133. The van der Waals surface area contributed by atoms with Crippen LogP contribution in [0.5, 0.6) is 0 Å². The zero-order valence-corrected chi connectivity index (χ0v) is 6.50. The molecule has 0 aromatic heterocycles. The van der Waals surface area contributed by atoms with E-state index in [1.165, 1.54) is 0 Å². The molecule has 0 amide bonds. The lowest BCUT2D eigenvalue weighted by atomic mass is 10.4. The van der Waals surface area contributed by atoms with Crippen LogP contribution in [-0.4, -0.2) is 41.8 Å². The predicted molar refractivity (Wildman–Crippen MR) is 38.1 cm³/mol.